The molecule has 298 valence electrons. The van der Waals surface area contributed by atoms with Gasteiger partial charge in [-0.15, -0.1) is 0 Å². The van der Waals surface area contributed by atoms with Gasteiger partial charge in [-0.25, -0.2) is 0 Å². The first-order valence-electron chi connectivity index (χ1n) is 22.1. The van der Waals surface area contributed by atoms with E-state index >= 15 is 0 Å². The molecule has 6 heteroatoms. The molecule has 6 nitrogen and oxygen atoms in total. The van der Waals surface area contributed by atoms with E-state index < -0.39 is 0 Å². The Morgan fingerprint density at radius 3 is 1.08 bits per heavy atom. The van der Waals surface area contributed by atoms with Gasteiger partial charge in [0.05, 0.1) is 26.4 Å². The second kappa shape index (κ2) is 36.4. The molecule has 0 heterocycles. The minimum Gasteiger partial charge on any atom is -0.490 e. The van der Waals surface area contributed by atoms with Crippen molar-refractivity contribution in [3.05, 3.63) is 17.7 Å². The van der Waals surface area contributed by atoms with Crippen molar-refractivity contribution < 1.29 is 24.1 Å². The molecule has 0 aromatic heterocycles. The molecule has 1 aromatic rings. The number of aliphatic hydroxyl groups excluding tert-OH is 1. The van der Waals surface area contributed by atoms with Crippen LogP contribution < -0.4 is 19.5 Å². The number of hydrogen-bond donors (Lipinski definition) is 2. The van der Waals surface area contributed by atoms with Crippen molar-refractivity contribution >= 4 is 5.91 Å². The Morgan fingerprint density at radius 1 is 0.471 bits per heavy atom. The summed E-state index contributed by atoms with van der Waals surface area (Å²) in [6, 6.07) is 3.59. The highest BCUT2D eigenvalue weighted by molar-refractivity contribution is 5.95. The van der Waals surface area contributed by atoms with Crippen LogP contribution in [0.2, 0.25) is 0 Å². The summed E-state index contributed by atoms with van der Waals surface area (Å²) >= 11 is 0. The zero-order valence-electron chi connectivity index (χ0n) is 34.0. The third-order valence-electron chi connectivity index (χ3n) is 9.94. The molecule has 0 atom stereocenters. The fourth-order valence-electron chi connectivity index (χ4n) is 6.64. The minimum atomic E-state index is -0.238. The number of amides is 1. The van der Waals surface area contributed by atoms with Crippen LogP contribution in [-0.4, -0.2) is 44.0 Å². The zero-order chi connectivity index (χ0) is 36.9. The van der Waals surface area contributed by atoms with Gasteiger partial charge in [-0.2, -0.15) is 0 Å². The van der Waals surface area contributed by atoms with Crippen LogP contribution in [0.3, 0.4) is 0 Å². The third-order valence-corrected chi connectivity index (χ3v) is 9.94. The smallest absolute Gasteiger partial charge is 0.251 e. The number of ether oxygens (including phenoxy) is 3. The topological polar surface area (TPSA) is 77.0 Å². The molecule has 1 rings (SSSR count). The molecule has 0 spiro atoms. The van der Waals surface area contributed by atoms with Crippen LogP contribution >= 0.6 is 0 Å². The van der Waals surface area contributed by atoms with E-state index in [1.807, 2.05) is 0 Å². The fraction of sp³-hybridized carbons (Fsp3) is 0.844. The van der Waals surface area contributed by atoms with Crippen LogP contribution in [0.1, 0.15) is 224 Å². The van der Waals surface area contributed by atoms with Crippen molar-refractivity contribution in [2.75, 3.05) is 33.0 Å². The molecule has 0 aliphatic carbocycles. The molecule has 0 saturated heterocycles. The second-order valence-corrected chi connectivity index (χ2v) is 14.9. The lowest BCUT2D eigenvalue weighted by molar-refractivity contribution is 0.0943. The first-order valence-corrected chi connectivity index (χ1v) is 22.1. The van der Waals surface area contributed by atoms with Gasteiger partial charge in [-0.1, -0.05) is 194 Å². The Labute approximate surface area is 316 Å². The molecule has 0 unspecified atom stereocenters. The number of unbranched alkanes of at least 4 members (excludes halogenated alkanes) is 27. The Hall–Kier alpha value is -1.95. The van der Waals surface area contributed by atoms with E-state index in [4.69, 9.17) is 14.2 Å². The van der Waals surface area contributed by atoms with Crippen LogP contribution in [0.4, 0.5) is 0 Å². The maximum atomic E-state index is 13.0. The highest BCUT2D eigenvalue weighted by Gasteiger charge is 2.19. The quantitative estimate of drug-likeness (QED) is 0.0663. The van der Waals surface area contributed by atoms with Crippen molar-refractivity contribution in [3.63, 3.8) is 0 Å². The largest absolute Gasteiger partial charge is 0.490 e. The summed E-state index contributed by atoms with van der Waals surface area (Å²) in [5, 5.41) is 12.1. The normalized spacial score (nSPS) is 11.2. The Bertz CT molecular complexity index is 860. The molecule has 1 amide bonds. The maximum absolute atomic E-state index is 13.0. The molecular weight excluding hydrogens is 634 g/mol. The third kappa shape index (κ3) is 27.3. The number of carbonyl (C=O) groups excluding carboxylic acids is 1. The van der Waals surface area contributed by atoms with Crippen LogP contribution in [0.15, 0.2) is 12.1 Å². The molecule has 2 N–H and O–H groups in total. The van der Waals surface area contributed by atoms with Gasteiger partial charge in [0.15, 0.2) is 11.5 Å². The molecule has 0 aliphatic heterocycles. The van der Waals surface area contributed by atoms with E-state index in [0.717, 1.165) is 38.5 Å². The van der Waals surface area contributed by atoms with Crippen molar-refractivity contribution in [3.8, 4) is 17.2 Å². The van der Waals surface area contributed by atoms with E-state index in [1.54, 1.807) is 12.1 Å². The second-order valence-electron chi connectivity index (χ2n) is 14.9. The summed E-state index contributed by atoms with van der Waals surface area (Å²) in [5.74, 6) is 1.57. The number of carbonyl (C=O) groups is 1. The monoisotopic (exact) mass is 718 g/mol. The Balaban J connectivity index is 2.76. The van der Waals surface area contributed by atoms with Crippen molar-refractivity contribution in [2.45, 2.75) is 213 Å². The average Bonchev–Trinajstić information content (AvgIpc) is 3.14. The van der Waals surface area contributed by atoms with E-state index in [-0.39, 0.29) is 19.1 Å². The predicted octanol–water partition coefficient (Wildman–Crippen LogP) is 13.3. The fourth-order valence-corrected chi connectivity index (χ4v) is 6.64. The lowest BCUT2D eigenvalue weighted by atomic mass is 10.1. The van der Waals surface area contributed by atoms with Crippen LogP contribution in [0.25, 0.3) is 0 Å². The zero-order valence-corrected chi connectivity index (χ0v) is 34.0. The van der Waals surface area contributed by atoms with E-state index in [1.165, 1.54) is 154 Å². The van der Waals surface area contributed by atoms with Crippen LogP contribution in [-0.2, 0) is 0 Å². The number of nitrogens with one attached hydrogen (secondary N) is 1. The summed E-state index contributed by atoms with van der Waals surface area (Å²) < 4.78 is 19.2. The summed E-state index contributed by atoms with van der Waals surface area (Å²) in [6.07, 6.45) is 38.2. The van der Waals surface area contributed by atoms with Gasteiger partial charge in [0.1, 0.15) is 0 Å². The number of aliphatic hydroxyl groups is 1. The molecular formula is C45H83NO5. The first-order chi connectivity index (χ1) is 25.2. The van der Waals surface area contributed by atoms with Gasteiger partial charge in [0.25, 0.3) is 5.91 Å². The van der Waals surface area contributed by atoms with Gasteiger partial charge < -0.3 is 24.6 Å². The van der Waals surface area contributed by atoms with Crippen LogP contribution in [0, 0.1) is 0 Å². The molecule has 0 aliphatic rings. The van der Waals surface area contributed by atoms with Gasteiger partial charge in [-0.3, -0.25) is 4.79 Å². The summed E-state index contributed by atoms with van der Waals surface area (Å²) in [6.45, 7) is 8.70. The van der Waals surface area contributed by atoms with Crippen molar-refractivity contribution in [1.29, 1.82) is 0 Å². The minimum absolute atomic E-state index is 0.101. The lowest BCUT2D eigenvalue weighted by Gasteiger charge is -2.19. The number of benzene rings is 1. The standard InChI is InChI=1S/C45H83NO5/c1-4-7-10-13-16-19-22-25-28-31-36-49-42-39-41(45(48)46-34-35-47)40-43(50-37-32-29-26-23-20-17-14-11-8-5-2)44(42)51-38-33-30-27-24-21-18-15-12-9-6-3/h39-40,47H,4-38H2,1-3H3,(H,46,48). The van der Waals surface area contributed by atoms with E-state index in [9.17, 15) is 9.90 Å². The number of rotatable bonds is 39. The Morgan fingerprint density at radius 2 is 0.765 bits per heavy atom. The Kier molecular flexibility index (Phi) is 33.6. The highest BCUT2D eigenvalue weighted by atomic mass is 16.5. The lowest BCUT2D eigenvalue weighted by Crippen LogP contribution is -2.26. The van der Waals surface area contributed by atoms with E-state index in [2.05, 4.69) is 26.1 Å². The predicted molar refractivity (Wildman–Crippen MR) is 218 cm³/mol. The summed E-state index contributed by atoms with van der Waals surface area (Å²) in [7, 11) is 0. The molecule has 0 saturated carbocycles. The summed E-state index contributed by atoms with van der Waals surface area (Å²) in [5.41, 5.74) is 0.478. The van der Waals surface area contributed by atoms with Gasteiger partial charge in [0, 0.05) is 12.1 Å². The van der Waals surface area contributed by atoms with Crippen molar-refractivity contribution in [2.24, 2.45) is 0 Å². The van der Waals surface area contributed by atoms with Crippen molar-refractivity contribution in [1.82, 2.24) is 5.32 Å². The molecule has 0 fully saturated rings. The SMILES string of the molecule is CCCCCCCCCCCCOc1cc(C(=O)NCCO)cc(OCCCCCCCCCCCC)c1OCCCCCCCCCCCC. The molecule has 0 radical (unpaired) electrons. The molecule has 51 heavy (non-hydrogen) atoms. The van der Waals surface area contributed by atoms with Crippen LogP contribution in [0.5, 0.6) is 17.2 Å². The summed E-state index contributed by atoms with van der Waals surface area (Å²) in [4.78, 5) is 13.0. The highest BCUT2D eigenvalue weighted by Crippen LogP contribution is 2.40. The van der Waals surface area contributed by atoms with Gasteiger partial charge in [0.2, 0.25) is 5.75 Å². The first kappa shape index (κ1) is 47.1. The van der Waals surface area contributed by atoms with E-state index in [0.29, 0.717) is 42.6 Å². The molecule has 1 aromatic carbocycles. The molecule has 0 bridgehead atoms. The number of hydrogen-bond acceptors (Lipinski definition) is 5. The maximum Gasteiger partial charge on any atom is 0.251 e. The average molecular weight is 718 g/mol. The van der Waals surface area contributed by atoms with Gasteiger partial charge in [-0.05, 0) is 31.4 Å². The van der Waals surface area contributed by atoms with Gasteiger partial charge >= 0.3 is 0 Å².